The summed E-state index contributed by atoms with van der Waals surface area (Å²) in [5.41, 5.74) is 2.39. The van der Waals surface area contributed by atoms with Crippen LogP contribution in [-0.4, -0.2) is 40.8 Å². The zero-order chi connectivity index (χ0) is 17.3. The third-order valence-corrected chi connectivity index (χ3v) is 4.99. The van der Waals surface area contributed by atoms with E-state index in [-0.39, 0.29) is 0 Å². The molecule has 1 aromatic carbocycles. The number of methoxy groups -OCH3 is 3. The Balaban J connectivity index is 2.11. The second-order valence-corrected chi connectivity index (χ2v) is 6.37. The topological polar surface area (TPSA) is 71.3 Å². The van der Waals surface area contributed by atoms with Crippen molar-refractivity contribution < 1.29 is 14.2 Å². The van der Waals surface area contributed by atoms with Gasteiger partial charge in [0.05, 0.1) is 38.7 Å². The number of nitrogens with zero attached hydrogens (tertiary/aromatic N) is 4. The molecule has 0 spiro atoms. The van der Waals surface area contributed by atoms with Gasteiger partial charge in [-0.1, -0.05) is 0 Å². The normalized spacial score (nSPS) is 10.9. The monoisotopic (exact) mass is 456 g/mol. The molecule has 2 aromatic heterocycles. The number of hydrogen-bond acceptors (Lipinski definition) is 6. The lowest BCUT2D eigenvalue weighted by atomic mass is 10.1. The van der Waals surface area contributed by atoms with E-state index in [9.17, 15) is 0 Å². The second kappa shape index (κ2) is 6.94. The molecule has 0 N–H and O–H groups in total. The van der Waals surface area contributed by atoms with Crippen molar-refractivity contribution in [1.29, 1.82) is 0 Å². The van der Waals surface area contributed by atoms with E-state index in [1.165, 1.54) is 6.33 Å². The zero-order valence-corrected chi connectivity index (χ0v) is 16.4. The highest BCUT2D eigenvalue weighted by Gasteiger charge is 2.20. The lowest BCUT2D eigenvalue weighted by Gasteiger charge is -2.17. The minimum Gasteiger partial charge on any atom is -0.493 e. The van der Waals surface area contributed by atoms with Crippen LogP contribution in [0.15, 0.2) is 27.8 Å². The molecule has 7 nitrogen and oxygen atoms in total. The quantitative estimate of drug-likeness (QED) is 0.546. The summed E-state index contributed by atoms with van der Waals surface area (Å²) in [7, 11) is 4.75. The minimum absolute atomic E-state index is 0.525. The average Bonchev–Trinajstić information content (AvgIpc) is 3.00. The van der Waals surface area contributed by atoms with Crippen LogP contribution in [0.3, 0.4) is 0 Å². The summed E-state index contributed by atoms with van der Waals surface area (Å²) in [6.45, 7) is 0.525. The summed E-state index contributed by atoms with van der Waals surface area (Å²) < 4.78 is 19.6. The lowest BCUT2D eigenvalue weighted by molar-refractivity contribution is 0.322. The molecule has 9 heteroatoms. The number of halogens is 2. The molecule has 0 unspecified atom stereocenters. The standard InChI is InChI=1S/C15H14Br2N4O3/c1-22-9-4-8(10(16)13(24-3)12(9)23-2)5-21-7-20-11-14(17)18-6-19-15(11)21/h4,6-7H,5H2,1-3H3. The molecule has 2 heterocycles. The van der Waals surface area contributed by atoms with Crippen molar-refractivity contribution in [2.75, 3.05) is 21.3 Å². The van der Waals surface area contributed by atoms with E-state index < -0.39 is 0 Å². The Bertz CT molecular complexity index is 898. The summed E-state index contributed by atoms with van der Waals surface area (Å²) >= 11 is 6.97. The van der Waals surface area contributed by atoms with Gasteiger partial charge < -0.3 is 18.8 Å². The van der Waals surface area contributed by atoms with Crippen LogP contribution >= 0.6 is 31.9 Å². The van der Waals surface area contributed by atoms with Gasteiger partial charge in [0.2, 0.25) is 5.75 Å². The van der Waals surface area contributed by atoms with Crippen molar-refractivity contribution in [3.8, 4) is 17.2 Å². The largest absolute Gasteiger partial charge is 0.493 e. The van der Waals surface area contributed by atoms with Crippen LogP contribution in [0.1, 0.15) is 5.56 Å². The van der Waals surface area contributed by atoms with Gasteiger partial charge in [0.25, 0.3) is 0 Å². The van der Waals surface area contributed by atoms with Crippen molar-refractivity contribution >= 4 is 43.0 Å². The lowest BCUT2D eigenvalue weighted by Crippen LogP contribution is -2.04. The van der Waals surface area contributed by atoms with Crippen LogP contribution < -0.4 is 14.2 Å². The Morgan fingerprint density at radius 1 is 1.00 bits per heavy atom. The SMILES string of the molecule is COc1cc(Cn2cnc3c(Br)ncnc32)c(Br)c(OC)c1OC. The first-order chi connectivity index (χ1) is 11.6. The van der Waals surface area contributed by atoms with Gasteiger partial charge in [-0.2, -0.15) is 0 Å². The maximum atomic E-state index is 5.47. The predicted octanol–water partition coefficient (Wildman–Crippen LogP) is 3.43. The Hall–Kier alpha value is -1.87. The summed E-state index contributed by atoms with van der Waals surface area (Å²) in [5, 5.41) is 0. The van der Waals surface area contributed by atoms with Gasteiger partial charge in [-0.25, -0.2) is 15.0 Å². The Kier molecular flexibility index (Phi) is 4.91. The predicted molar refractivity (Wildman–Crippen MR) is 95.9 cm³/mol. The fraction of sp³-hybridized carbons (Fsp3) is 0.267. The second-order valence-electron chi connectivity index (χ2n) is 4.83. The highest BCUT2D eigenvalue weighted by molar-refractivity contribution is 9.11. The minimum atomic E-state index is 0.525. The van der Waals surface area contributed by atoms with E-state index in [1.807, 2.05) is 10.6 Å². The van der Waals surface area contributed by atoms with Crippen LogP contribution in [-0.2, 0) is 6.54 Å². The Morgan fingerprint density at radius 3 is 2.42 bits per heavy atom. The van der Waals surface area contributed by atoms with Gasteiger partial charge in [0.1, 0.15) is 16.4 Å². The highest BCUT2D eigenvalue weighted by atomic mass is 79.9. The number of aromatic nitrogens is 4. The molecule has 0 saturated heterocycles. The first-order valence-electron chi connectivity index (χ1n) is 6.89. The van der Waals surface area contributed by atoms with E-state index >= 15 is 0 Å². The van der Waals surface area contributed by atoms with E-state index in [1.54, 1.807) is 27.7 Å². The van der Waals surface area contributed by atoms with E-state index in [4.69, 9.17) is 14.2 Å². The molecule has 24 heavy (non-hydrogen) atoms. The highest BCUT2D eigenvalue weighted by Crippen LogP contribution is 2.45. The summed E-state index contributed by atoms with van der Waals surface area (Å²) in [6.07, 6.45) is 3.22. The first-order valence-corrected chi connectivity index (χ1v) is 8.48. The smallest absolute Gasteiger partial charge is 0.204 e. The van der Waals surface area contributed by atoms with Crippen LogP contribution in [0, 0.1) is 0 Å². The van der Waals surface area contributed by atoms with Crippen molar-refractivity contribution in [3.63, 3.8) is 0 Å². The molecule has 0 aliphatic carbocycles. The van der Waals surface area contributed by atoms with E-state index in [0.29, 0.717) is 33.9 Å². The molecular weight excluding hydrogens is 444 g/mol. The van der Waals surface area contributed by atoms with Gasteiger partial charge in [-0.15, -0.1) is 0 Å². The van der Waals surface area contributed by atoms with Crippen LogP contribution in [0.5, 0.6) is 17.2 Å². The molecule has 3 aromatic rings. The number of ether oxygens (including phenoxy) is 3. The van der Waals surface area contributed by atoms with Crippen LogP contribution in [0.4, 0.5) is 0 Å². The molecule has 126 valence electrons. The molecule has 0 aliphatic rings. The third kappa shape index (κ3) is 2.82. The number of hydrogen-bond donors (Lipinski definition) is 0. The Morgan fingerprint density at radius 2 is 1.75 bits per heavy atom. The fourth-order valence-corrected chi connectivity index (χ4v) is 3.39. The molecular formula is C15H14Br2N4O3. The molecule has 0 bridgehead atoms. The molecule has 0 amide bonds. The number of imidazole rings is 1. The molecule has 0 aliphatic heterocycles. The van der Waals surface area contributed by atoms with Crippen LogP contribution in [0.25, 0.3) is 11.2 Å². The van der Waals surface area contributed by atoms with E-state index in [2.05, 4.69) is 46.8 Å². The van der Waals surface area contributed by atoms with Gasteiger partial charge in [-0.05, 0) is 43.5 Å². The summed E-state index contributed by atoms with van der Waals surface area (Å²) in [5.74, 6) is 1.70. The van der Waals surface area contributed by atoms with E-state index in [0.717, 1.165) is 15.7 Å². The van der Waals surface area contributed by atoms with Crippen molar-refractivity contribution in [3.05, 3.63) is 33.4 Å². The average molecular weight is 458 g/mol. The maximum absolute atomic E-state index is 5.47. The van der Waals surface area contributed by atoms with Crippen LogP contribution in [0.2, 0.25) is 0 Å². The summed E-state index contributed by atoms with van der Waals surface area (Å²) in [4.78, 5) is 12.7. The van der Waals surface area contributed by atoms with Gasteiger partial charge in [-0.3, -0.25) is 0 Å². The number of benzene rings is 1. The molecule has 0 atom stereocenters. The van der Waals surface area contributed by atoms with Crippen molar-refractivity contribution in [1.82, 2.24) is 19.5 Å². The van der Waals surface area contributed by atoms with Crippen molar-refractivity contribution in [2.24, 2.45) is 0 Å². The van der Waals surface area contributed by atoms with Gasteiger partial charge >= 0.3 is 0 Å². The Labute approximate surface area is 155 Å². The zero-order valence-electron chi connectivity index (χ0n) is 13.2. The molecule has 0 fully saturated rings. The number of rotatable bonds is 5. The maximum Gasteiger partial charge on any atom is 0.204 e. The molecule has 0 saturated carbocycles. The fourth-order valence-electron chi connectivity index (χ4n) is 2.44. The summed E-state index contributed by atoms with van der Waals surface area (Å²) in [6, 6.07) is 1.90. The van der Waals surface area contributed by atoms with Gasteiger partial charge in [0, 0.05) is 0 Å². The number of fused-ring (bicyclic) bond motifs is 1. The molecule has 3 rings (SSSR count). The first kappa shape index (κ1) is 17.0. The van der Waals surface area contributed by atoms with Crippen molar-refractivity contribution in [2.45, 2.75) is 6.54 Å². The third-order valence-electron chi connectivity index (χ3n) is 3.54. The van der Waals surface area contributed by atoms with Gasteiger partial charge in [0.15, 0.2) is 17.1 Å². The molecule has 0 radical (unpaired) electrons.